The van der Waals surface area contributed by atoms with Crippen molar-refractivity contribution in [3.63, 3.8) is 0 Å². The van der Waals surface area contributed by atoms with Crippen LogP contribution in [-0.2, 0) is 109 Å². The van der Waals surface area contributed by atoms with Crippen LogP contribution in [0.15, 0.2) is 0 Å². The molecule has 7 amide bonds. The molecule has 3 aliphatic heterocycles. The van der Waals surface area contributed by atoms with Gasteiger partial charge >= 0.3 is 0 Å². The first-order valence-electron chi connectivity index (χ1n) is 38.2. The summed E-state index contributed by atoms with van der Waals surface area (Å²) in [4.78, 5) is 102. The quantitative estimate of drug-likeness (QED) is 0.0320. The van der Waals surface area contributed by atoms with Crippen molar-refractivity contribution in [2.24, 2.45) is 29.6 Å². The highest BCUT2D eigenvalue weighted by molar-refractivity contribution is 5.92. The molecule has 3 aliphatic rings. The van der Waals surface area contributed by atoms with E-state index in [0.29, 0.717) is 38.6 Å². The lowest BCUT2D eigenvalue weighted by Crippen LogP contribution is -2.64. The lowest BCUT2D eigenvalue weighted by molar-refractivity contribution is -0.272. The summed E-state index contributed by atoms with van der Waals surface area (Å²) in [6.45, 7) is 16.5. The fourth-order valence-corrected chi connectivity index (χ4v) is 12.2. The molecular weight excluding hydrogens is 1410 g/mol. The second-order valence-corrected chi connectivity index (χ2v) is 27.1. The van der Waals surface area contributed by atoms with Crippen molar-refractivity contribution in [3.05, 3.63) is 0 Å². The van der Waals surface area contributed by atoms with Crippen LogP contribution in [0.5, 0.6) is 0 Å². The normalized spacial score (nSPS) is 24.9. The van der Waals surface area contributed by atoms with Crippen LogP contribution in [0, 0.1) is 29.6 Å². The number of Topliss-reactive ketones (excluding diaryl/α,β-unsaturated/α-hetero) is 1. The van der Waals surface area contributed by atoms with Crippen molar-refractivity contribution < 1.29 is 135 Å². The highest BCUT2D eigenvalue weighted by Gasteiger charge is 2.46. The third kappa shape index (κ3) is 41.3. The largest absolute Gasteiger partial charge is 0.394 e. The van der Waals surface area contributed by atoms with Crippen LogP contribution in [0.3, 0.4) is 0 Å². The van der Waals surface area contributed by atoms with Gasteiger partial charge in [0, 0.05) is 52.7 Å². The second-order valence-electron chi connectivity index (χ2n) is 27.1. The Labute approximate surface area is 630 Å². The molecule has 0 radical (unpaired) electrons. The molecule has 0 aliphatic carbocycles. The topological polar surface area (TPSA) is 460 Å². The molecule has 0 spiro atoms. The number of carbonyl (C=O) groups excluding carboxylic acids is 8. The second kappa shape index (κ2) is 59.0. The van der Waals surface area contributed by atoms with Crippen molar-refractivity contribution in [3.8, 4) is 0 Å². The van der Waals surface area contributed by atoms with Gasteiger partial charge in [0.1, 0.15) is 44.2 Å². The SMILES string of the molecule is CCCCCCCNC(=O)C(CCCCNC(=O)COCCOCCOCCO[C@@H]1O[C@H](CO)[C@H](O)[C@H](O)[C@H]1NC(C)=O)CC(=O)C(CCCCNC(=O)COCCOCCOCCO[C@@H]1O[C@H](CO)[C@H](C)[C@H](C)[C@H]1NC(C)=O)NC(=O)COCCOCCOCCO[C@@H]1O[C@H](CO)[C@H](C)[C@H](C)[C@H]1NC(C)=O. The number of aliphatic hydroxyl groups excluding tert-OH is 5. The Morgan fingerprint density at radius 1 is 0.383 bits per heavy atom. The van der Waals surface area contributed by atoms with E-state index >= 15 is 0 Å². The summed E-state index contributed by atoms with van der Waals surface area (Å²) < 4.78 is 84.9. The molecule has 3 rings (SSSR count). The molecule has 0 aromatic heterocycles. The van der Waals surface area contributed by atoms with E-state index in [1.165, 1.54) is 20.8 Å². The Morgan fingerprint density at radius 2 is 0.729 bits per heavy atom. The fraction of sp³-hybridized carbons (Fsp3) is 0.889. The van der Waals surface area contributed by atoms with Gasteiger partial charge in [-0.05, 0) is 62.2 Å². The van der Waals surface area contributed by atoms with Crippen LogP contribution in [-0.4, -0.2) is 324 Å². The third-order valence-corrected chi connectivity index (χ3v) is 18.6. The Kier molecular flexibility index (Phi) is 53.1. The molecule has 3 fully saturated rings. The van der Waals surface area contributed by atoms with Crippen molar-refractivity contribution in [1.29, 1.82) is 0 Å². The van der Waals surface area contributed by atoms with Crippen molar-refractivity contribution in [2.45, 2.75) is 206 Å². The van der Waals surface area contributed by atoms with E-state index in [4.69, 9.17) is 71.1 Å². The zero-order valence-corrected chi connectivity index (χ0v) is 64.5. The number of hydrogen-bond acceptors (Lipinski definition) is 28. The summed E-state index contributed by atoms with van der Waals surface area (Å²) in [5, 5.41) is 69.5. The lowest BCUT2D eigenvalue weighted by atomic mass is 9.82. The van der Waals surface area contributed by atoms with E-state index in [0.717, 1.165) is 32.1 Å². The third-order valence-electron chi connectivity index (χ3n) is 18.6. The Bertz CT molecular complexity index is 2430. The van der Waals surface area contributed by atoms with Gasteiger partial charge in [0.15, 0.2) is 24.7 Å². The van der Waals surface area contributed by atoms with Crippen LogP contribution < -0.4 is 37.2 Å². The molecule has 0 aromatic rings. The van der Waals surface area contributed by atoms with Gasteiger partial charge in [-0.15, -0.1) is 0 Å². The molecule has 2 unspecified atom stereocenters. The van der Waals surface area contributed by atoms with E-state index in [-0.39, 0.29) is 243 Å². The van der Waals surface area contributed by atoms with E-state index < -0.39 is 91.9 Å². The zero-order valence-electron chi connectivity index (χ0n) is 64.5. The zero-order chi connectivity index (χ0) is 78.6. The Balaban J connectivity index is 1.44. The number of hydrogen-bond donors (Lipinski definition) is 12. The van der Waals surface area contributed by atoms with Gasteiger partial charge in [-0.1, -0.05) is 66.7 Å². The highest BCUT2D eigenvalue weighted by atomic mass is 16.7. The predicted octanol–water partition coefficient (Wildman–Crippen LogP) is -1.16. The van der Waals surface area contributed by atoms with Gasteiger partial charge in [0.25, 0.3) is 0 Å². The minimum absolute atomic E-state index is 0.00491. The van der Waals surface area contributed by atoms with Gasteiger partial charge in [-0.25, -0.2) is 0 Å². The molecule has 0 aromatic carbocycles. The predicted molar refractivity (Wildman–Crippen MR) is 384 cm³/mol. The van der Waals surface area contributed by atoms with E-state index in [1.807, 2.05) is 27.7 Å². The van der Waals surface area contributed by atoms with Crippen LogP contribution >= 0.6 is 0 Å². The Hall–Kier alpha value is -4.84. The molecule has 3 saturated heterocycles. The fourth-order valence-electron chi connectivity index (χ4n) is 12.2. The van der Waals surface area contributed by atoms with Gasteiger partial charge in [-0.2, -0.15) is 0 Å². The number of amides is 7. The van der Waals surface area contributed by atoms with Crippen molar-refractivity contribution >= 4 is 47.1 Å². The highest BCUT2D eigenvalue weighted by Crippen LogP contribution is 2.33. The number of ketones is 1. The lowest BCUT2D eigenvalue weighted by Gasteiger charge is -2.44. The number of carbonyl (C=O) groups is 8. The molecule has 35 nitrogen and oxygen atoms in total. The molecule has 12 N–H and O–H groups in total. The monoisotopic (exact) mass is 1540 g/mol. The summed E-state index contributed by atoms with van der Waals surface area (Å²) in [6, 6.07) is -2.84. The van der Waals surface area contributed by atoms with E-state index in [9.17, 15) is 63.9 Å². The van der Waals surface area contributed by atoms with Gasteiger partial charge < -0.3 is 134 Å². The average Bonchev–Trinajstić information content (AvgIpc) is 0.807. The maximum absolute atomic E-state index is 14.3. The van der Waals surface area contributed by atoms with Crippen molar-refractivity contribution in [1.82, 2.24) is 37.2 Å². The first kappa shape index (κ1) is 96.4. The molecule has 107 heavy (non-hydrogen) atoms. The van der Waals surface area contributed by atoms with Crippen molar-refractivity contribution in [2.75, 3.05) is 178 Å². The number of nitrogens with one attached hydrogen (secondary N) is 7. The maximum Gasteiger partial charge on any atom is 0.246 e. The molecule has 3 heterocycles. The maximum atomic E-state index is 14.3. The molecule has 0 saturated carbocycles. The standard InChI is InChI=1S/C72H131N7O28/c1-9-10-11-12-15-22-75-69(92)55(18-13-16-20-73-61(87)45-99-32-29-94-24-28-98-37-40-104-72-66(78-54(8)85)68(91)67(90)60(44-82)107-72)41-57(86)56(79-63(89)47-101-34-31-95-25-27-97-36-39-103-71-65(77-53(7)84)51(5)49(3)59(43-81)106-71)19-14-17-21-74-62(88)46-100-33-30-93-23-26-96-35-38-102-70-64(76-52(6)83)50(4)48(2)58(42-80)105-70/h48-51,55-56,58-60,64-68,70-72,80-82,90-91H,9-47H2,1-8H3,(H,73,87)(H,74,88)(H,75,92)(H,76,83)(H,77,84)(H,78,85)(H,79,89)/t48-,49-,50+,51+,55?,56?,58-,59-,60-,64-,65-,66-,67+,68-,70-,71-,72-/m1/s1. The summed E-state index contributed by atoms with van der Waals surface area (Å²) in [5.74, 6) is -3.54. The number of ether oxygens (including phenoxy) is 15. The summed E-state index contributed by atoms with van der Waals surface area (Å²) in [7, 11) is 0. The molecule has 17 atom stereocenters. The number of unbranched alkanes of at least 4 members (excludes halogenated alkanes) is 6. The number of rotatable bonds is 63. The average molecular weight is 1540 g/mol. The summed E-state index contributed by atoms with van der Waals surface area (Å²) >= 11 is 0. The minimum Gasteiger partial charge on any atom is -0.394 e. The minimum atomic E-state index is -1.43. The summed E-state index contributed by atoms with van der Waals surface area (Å²) in [5.41, 5.74) is 0. The first-order valence-corrected chi connectivity index (χ1v) is 38.2. The van der Waals surface area contributed by atoms with Crippen LogP contribution in [0.1, 0.15) is 132 Å². The summed E-state index contributed by atoms with van der Waals surface area (Å²) in [6.07, 6.45) is -0.375. The van der Waals surface area contributed by atoms with Gasteiger partial charge in [0.2, 0.25) is 41.4 Å². The molecule has 622 valence electrons. The smallest absolute Gasteiger partial charge is 0.246 e. The first-order chi connectivity index (χ1) is 51.6. The van der Waals surface area contributed by atoms with Crippen LogP contribution in [0.25, 0.3) is 0 Å². The number of aliphatic hydroxyl groups is 5. The van der Waals surface area contributed by atoms with Gasteiger partial charge in [-0.3, -0.25) is 38.4 Å². The van der Waals surface area contributed by atoms with E-state index in [1.54, 1.807) is 0 Å². The van der Waals surface area contributed by atoms with Crippen LogP contribution in [0.2, 0.25) is 0 Å². The van der Waals surface area contributed by atoms with Gasteiger partial charge in [0.05, 0.1) is 169 Å². The molecule has 0 bridgehead atoms. The molecule has 35 heteroatoms. The Morgan fingerprint density at radius 3 is 1.14 bits per heavy atom. The van der Waals surface area contributed by atoms with Crippen LogP contribution in [0.4, 0.5) is 0 Å². The molecular formula is C72H131N7O28. The van der Waals surface area contributed by atoms with E-state index in [2.05, 4.69) is 44.1 Å².